The van der Waals surface area contributed by atoms with Gasteiger partial charge in [-0.05, 0) is 72.7 Å². The fraction of sp³-hybridized carbons (Fsp3) is 0.409. The largest absolute Gasteiger partial charge is 0.496 e. The summed E-state index contributed by atoms with van der Waals surface area (Å²) in [6, 6.07) is 11.0. The lowest BCUT2D eigenvalue weighted by molar-refractivity contribution is 0.125. The highest BCUT2D eigenvalue weighted by molar-refractivity contribution is 5.78. The zero-order valence-electron chi connectivity index (χ0n) is 15.8. The number of methoxy groups -OCH3 is 1. The van der Waals surface area contributed by atoms with Crippen LogP contribution in [0.15, 0.2) is 36.7 Å². The first-order valence-corrected chi connectivity index (χ1v) is 9.67. The van der Waals surface area contributed by atoms with Crippen molar-refractivity contribution in [1.82, 2.24) is 14.9 Å². The van der Waals surface area contributed by atoms with Gasteiger partial charge in [0.05, 0.1) is 30.6 Å². The average molecular weight is 363 g/mol. The summed E-state index contributed by atoms with van der Waals surface area (Å²) in [5.74, 6) is 1.45. The summed E-state index contributed by atoms with van der Waals surface area (Å²) in [4.78, 5) is 4.61. The molecule has 5 nitrogen and oxygen atoms in total. The van der Waals surface area contributed by atoms with Gasteiger partial charge >= 0.3 is 0 Å². The number of aryl methyl sites for hydroxylation is 1. The molecule has 3 aromatic rings. The Labute approximate surface area is 159 Å². The lowest BCUT2D eigenvalue weighted by Gasteiger charge is -2.31. The molecule has 0 bridgehead atoms. The molecule has 27 heavy (non-hydrogen) atoms. The fourth-order valence-corrected chi connectivity index (χ4v) is 4.85. The highest BCUT2D eigenvalue weighted by Crippen LogP contribution is 2.45. The van der Waals surface area contributed by atoms with Crippen LogP contribution in [0.5, 0.6) is 5.75 Å². The van der Waals surface area contributed by atoms with E-state index in [1.54, 1.807) is 7.11 Å². The van der Waals surface area contributed by atoms with Gasteiger partial charge in [0.25, 0.3) is 0 Å². The van der Waals surface area contributed by atoms with Crippen LogP contribution < -0.4 is 10.1 Å². The maximum atomic E-state index is 10.6. The van der Waals surface area contributed by atoms with Gasteiger partial charge < -0.3 is 19.7 Å². The number of benzene rings is 2. The Morgan fingerprint density at radius 2 is 2.15 bits per heavy atom. The van der Waals surface area contributed by atoms with Gasteiger partial charge in [0.1, 0.15) is 5.75 Å². The minimum Gasteiger partial charge on any atom is -0.496 e. The molecule has 2 aliphatic rings. The summed E-state index contributed by atoms with van der Waals surface area (Å²) in [5.41, 5.74) is 6.73. The van der Waals surface area contributed by atoms with Crippen LogP contribution in [0.2, 0.25) is 0 Å². The molecule has 1 aliphatic heterocycles. The van der Waals surface area contributed by atoms with E-state index in [0.717, 1.165) is 53.8 Å². The first-order valence-electron chi connectivity index (χ1n) is 9.67. The lowest BCUT2D eigenvalue weighted by Crippen LogP contribution is -2.26. The molecule has 1 saturated heterocycles. The Morgan fingerprint density at radius 1 is 1.26 bits per heavy atom. The highest BCUT2D eigenvalue weighted by Gasteiger charge is 2.37. The van der Waals surface area contributed by atoms with E-state index >= 15 is 0 Å². The Kier molecular flexibility index (Phi) is 3.95. The number of nitrogens with zero attached hydrogens (tertiary/aromatic N) is 2. The van der Waals surface area contributed by atoms with Crippen molar-refractivity contribution in [1.29, 1.82) is 0 Å². The molecule has 2 heterocycles. The van der Waals surface area contributed by atoms with Crippen molar-refractivity contribution in [2.24, 2.45) is 5.92 Å². The molecule has 2 N–H and O–H groups in total. The van der Waals surface area contributed by atoms with Crippen molar-refractivity contribution in [3.63, 3.8) is 0 Å². The number of aliphatic hydroxyl groups is 1. The van der Waals surface area contributed by atoms with Crippen LogP contribution in [-0.4, -0.2) is 28.3 Å². The van der Waals surface area contributed by atoms with Gasteiger partial charge in [0, 0.05) is 12.6 Å². The highest BCUT2D eigenvalue weighted by atomic mass is 16.5. The van der Waals surface area contributed by atoms with Crippen molar-refractivity contribution < 1.29 is 9.84 Å². The standard InChI is InChI=1S/C22H25N3O2/c1-13-7-14(3-4-21(13)27-2)11-25-12-24-18-9-16-17(10-19(18)25)22-15(5-6-23-22)8-20(16)26/h3-4,7,9-10,12,15,20,22-23,26H,5-6,8,11H2,1-2H3/t15-,20-,22-/m0/s1. The van der Waals surface area contributed by atoms with Gasteiger partial charge in [-0.2, -0.15) is 0 Å². The molecule has 1 fully saturated rings. The average Bonchev–Trinajstić information content (AvgIpc) is 3.28. The maximum Gasteiger partial charge on any atom is 0.121 e. The van der Waals surface area contributed by atoms with E-state index in [4.69, 9.17) is 4.74 Å². The monoisotopic (exact) mass is 363 g/mol. The van der Waals surface area contributed by atoms with Gasteiger partial charge in [0.2, 0.25) is 0 Å². The van der Waals surface area contributed by atoms with Gasteiger partial charge in [-0.15, -0.1) is 0 Å². The molecular formula is C22H25N3O2. The number of ether oxygens (including phenoxy) is 1. The predicted molar refractivity (Wildman–Crippen MR) is 105 cm³/mol. The van der Waals surface area contributed by atoms with Crippen LogP contribution in [0.4, 0.5) is 0 Å². The Balaban J connectivity index is 1.55. The quantitative estimate of drug-likeness (QED) is 0.748. The van der Waals surface area contributed by atoms with E-state index in [-0.39, 0.29) is 6.10 Å². The van der Waals surface area contributed by atoms with E-state index in [9.17, 15) is 5.11 Å². The summed E-state index contributed by atoms with van der Waals surface area (Å²) in [6.07, 6.45) is 3.52. The zero-order valence-corrected chi connectivity index (χ0v) is 15.8. The minimum absolute atomic E-state index is 0.361. The normalized spacial score (nSPS) is 24.0. The summed E-state index contributed by atoms with van der Waals surface area (Å²) in [6.45, 7) is 3.87. The van der Waals surface area contributed by atoms with Crippen molar-refractivity contribution in [2.75, 3.05) is 13.7 Å². The molecule has 0 spiro atoms. The molecule has 0 saturated carbocycles. The molecule has 0 radical (unpaired) electrons. The SMILES string of the molecule is COc1ccc(Cn2cnc3cc4c(cc32)[C@H]2NCC[C@H]2C[C@@H]4O)cc1C. The summed E-state index contributed by atoms with van der Waals surface area (Å²) in [5, 5.41) is 14.2. The molecule has 5 heteroatoms. The van der Waals surface area contributed by atoms with Crippen molar-refractivity contribution in [2.45, 2.75) is 38.5 Å². The number of aliphatic hydroxyl groups excluding tert-OH is 1. The second-order valence-corrected chi connectivity index (χ2v) is 7.88. The van der Waals surface area contributed by atoms with E-state index < -0.39 is 0 Å². The second kappa shape index (κ2) is 6.36. The molecule has 1 aliphatic carbocycles. The first kappa shape index (κ1) is 16.8. The number of aromatic nitrogens is 2. The molecule has 2 aromatic carbocycles. The van der Waals surface area contributed by atoms with E-state index in [1.807, 2.05) is 12.4 Å². The molecule has 3 atom stereocenters. The van der Waals surface area contributed by atoms with Crippen LogP contribution in [-0.2, 0) is 6.54 Å². The van der Waals surface area contributed by atoms with Gasteiger partial charge in [-0.25, -0.2) is 4.98 Å². The van der Waals surface area contributed by atoms with Crippen LogP contribution in [0.25, 0.3) is 11.0 Å². The summed E-state index contributed by atoms with van der Waals surface area (Å²) in [7, 11) is 1.70. The molecular weight excluding hydrogens is 338 g/mol. The number of rotatable bonds is 3. The van der Waals surface area contributed by atoms with Crippen LogP contribution >= 0.6 is 0 Å². The Bertz CT molecular complexity index is 1010. The molecule has 0 unspecified atom stereocenters. The number of nitrogens with one attached hydrogen (secondary N) is 1. The van der Waals surface area contributed by atoms with Crippen LogP contribution in [0.3, 0.4) is 0 Å². The Hall–Kier alpha value is -2.37. The molecule has 140 valence electrons. The third kappa shape index (κ3) is 2.73. The lowest BCUT2D eigenvalue weighted by atomic mass is 9.78. The molecule has 5 rings (SSSR count). The van der Waals surface area contributed by atoms with E-state index in [2.05, 4.69) is 46.1 Å². The fourth-order valence-electron chi connectivity index (χ4n) is 4.85. The van der Waals surface area contributed by atoms with Gasteiger partial charge in [0.15, 0.2) is 0 Å². The number of imidazole rings is 1. The van der Waals surface area contributed by atoms with Crippen molar-refractivity contribution in [3.8, 4) is 5.75 Å². The third-order valence-corrected chi connectivity index (χ3v) is 6.21. The second-order valence-electron chi connectivity index (χ2n) is 7.88. The minimum atomic E-state index is -0.375. The van der Waals surface area contributed by atoms with Crippen LogP contribution in [0.1, 0.15) is 47.2 Å². The number of hydrogen-bond donors (Lipinski definition) is 2. The predicted octanol–water partition coefficient (Wildman–Crippen LogP) is 3.49. The smallest absolute Gasteiger partial charge is 0.121 e. The van der Waals surface area contributed by atoms with Crippen molar-refractivity contribution >= 4 is 11.0 Å². The number of fused-ring (bicyclic) bond motifs is 4. The topological polar surface area (TPSA) is 59.3 Å². The third-order valence-electron chi connectivity index (χ3n) is 6.21. The van der Waals surface area contributed by atoms with Crippen LogP contribution in [0, 0.1) is 12.8 Å². The molecule has 0 amide bonds. The summed E-state index contributed by atoms with van der Waals surface area (Å²) < 4.78 is 7.56. The number of hydrogen-bond acceptors (Lipinski definition) is 4. The van der Waals surface area contributed by atoms with Gasteiger partial charge in [-0.1, -0.05) is 12.1 Å². The van der Waals surface area contributed by atoms with E-state index in [1.165, 1.54) is 11.1 Å². The molecule has 1 aromatic heterocycles. The maximum absolute atomic E-state index is 10.6. The van der Waals surface area contributed by atoms with E-state index in [0.29, 0.717) is 12.0 Å². The van der Waals surface area contributed by atoms with Crippen molar-refractivity contribution in [3.05, 3.63) is 58.9 Å². The zero-order chi connectivity index (χ0) is 18.5. The Morgan fingerprint density at radius 3 is 2.96 bits per heavy atom. The first-order chi connectivity index (χ1) is 13.1. The summed E-state index contributed by atoms with van der Waals surface area (Å²) >= 11 is 0. The van der Waals surface area contributed by atoms with Gasteiger partial charge in [-0.3, -0.25) is 0 Å².